The van der Waals surface area contributed by atoms with E-state index in [0.29, 0.717) is 42.6 Å². The van der Waals surface area contributed by atoms with Gasteiger partial charge in [-0.2, -0.15) is 0 Å². The molecule has 0 radical (unpaired) electrons. The quantitative estimate of drug-likeness (QED) is 0.544. The van der Waals surface area contributed by atoms with E-state index < -0.39 is 0 Å². The van der Waals surface area contributed by atoms with Crippen LogP contribution in [0.3, 0.4) is 0 Å². The number of hydrogen-bond donors (Lipinski definition) is 0. The van der Waals surface area contributed by atoms with Crippen LogP contribution in [0.2, 0.25) is 5.02 Å². The molecule has 0 unspecified atom stereocenters. The zero-order valence-electron chi connectivity index (χ0n) is 19.2. The summed E-state index contributed by atoms with van der Waals surface area (Å²) in [5, 5.41) is 9.47. The number of halogens is 2. The predicted molar refractivity (Wildman–Crippen MR) is 133 cm³/mol. The molecule has 178 valence electrons. The van der Waals surface area contributed by atoms with Crippen LogP contribution in [-0.4, -0.2) is 62.6 Å². The summed E-state index contributed by atoms with van der Waals surface area (Å²) in [5.41, 5.74) is 2.44. The van der Waals surface area contributed by atoms with Crippen LogP contribution < -0.4 is 0 Å². The maximum absolute atomic E-state index is 13.0. The Bertz CT molecular complexity index is 1220. The zero-order chi connectivity index (χ0) is 23.2. The Morgan fingerprint density at radius 3 is 2.18 bits per heavy atom. The van der Waals surface area contributed by atoms with E-state index in [1.54, 1.807) is 28.9 Å². The van der Waals surface area contributed by atoms with E-state index >= 15 is 0 Å². The van der Waals surface area contributed by atoms with Gasteiger partial charge in [0.05, 0.1) is 10.4 Å². The fraction of sp³-hybridized carbons (Fsp3) is 0.360. The maximum Gasteiger partial charge on any atom is 0.254 e. The number of rotatable bonds is 4. The van der Waals surface area contributed by atoms with Crippen molar-refractivity contribution in [3.8, 4) is 11.4 Å². The van der Waals surface area contributed by atoms with Crippen LogP contribution in [0, 0.1) is 0 Å². The van der Waals surface area contributed by atoms with Gasteiger partial charge in [0.1, 0.15) is 5.82 Å². The molecule has 1 aliphatic carbocycles. The van der Waals surface area contributed by atoms with Gasteiger partial charge in [0.15, 0.2) is 5.82 Å². The first-order chi connectivity index (χ1) is 15.9. The summed E-state index contributed by atoms with van der Waals surface area (Å²) in [6.07, 6.45) is 2.09. The highest BCUT2D eigenvalue weighted by Gasteiger charge is 2.49. The number of carbonyl (C=O) groups excluding carboxylic acids is 2. The van der Waals surface area contributed by atoms with Crippen LogP contribution in [0.4, 0.5) is 0 Å². The lowest BCUT2D eigenvalue weighted by Crippen LogP contribution is -2.50. The monoisotopic (exact) mass is 499 g/mol. The van der Waals surface area contributed by atoms with E-state index in [9.17, 15) is 9.59 Å². The highest BCUT2D eigenvalue weighted by molar-refractivity contribution is 6.33. The SMILES string of the molecule is CC(=O)N1CCN(C(=O)c2ccc(-c3nnc(C4(c5ccccc5)CC4)n3C)c(Cl)c2)CC1.Cl. The van der Waals surface area contributed by atoms with Crippen molar-refractivity contribution in [3.63, 3.8) is 0 Å². The van der Waals surface area contributed by atoms with Gasteiger partial charge in [-0.15, -0.1) is 22.6 Å². The topological polar surface area (TPSA) is 71.3 Å². The highest BCUT2D eigenvalue weighted by Crippen LogP contribution is 2.53. The van der Waals surface area contributed by atoms with Crippen LogP contribution >= 0.6 is 24.0 Å². The second-order valence-electron chi connectivity index (χ2n) is 8.85. The van der Waals surface area contributed by atoms with Crippen molar-refractivity contribution in [2.24, 2.45) is 7.05 Å². The molecule has 34 heavy (non-hydrogen) atoms. The maximum atomic E-state index is 13.0. The average Bonchev–Trinajstić information content (AvgIpc) is 3.55. The Morgan fingerprint density at radius 1 is 0.941 bits per heavy atom. The van der Waals surface area contributed by atoms with Gasteiger partial charge < -0.3 is 14.4 Å². The van der Waals surface area contributed by atoms with Crippen molar-refractivity contribution in [1.82, 2.24) is 24.6 Å². The van der Waals surface area contributed by atoms with Gasteiger partial charge >= 0.3 is 0 Å². The summed E-state index contributed by atoms with van der Waals surface area (Å²) in [4.78, 5) is 28.0. The van der Waals surface area contributed by atoms with Crippen molar-refractivity contribution < 1.29 is 9.59 Å². The van der Waals surface area contributed by atoms with Gasteiger partial charge in [-0.05, 0) is 36.6 Å². The third-order valence-corrected chi connectivity index (χ3v) is 7.16. The lowest BCUT2D eigenvalue weighted by atomic mass is 9.95. The Labute approximate surface area is 210 Å². The van der Waals surface area contributed by atoms with Gasteiger partial charge in [0.2, 0.25) is 5.91 Å². The molecule has 5 rings (SSSR count). The number of amides is 2. The number of hydrogen-bond acceptors (Lipinski definition) is 4. The molecule has 2 amide bonds. The molecule has 2 aromatic carbocycles. The Balaban J connectivity index is 0.00000274. The number of nitrogens with zero attached hydrogens (tertiary/aromatic N) is 5. The minimum absolute atomic E-state index is 0. The van der Waals surface area contributed by atoms with Crippen molar-refractivity contribution >= 4 is 35.8 Å². The number of benzene rings is 2. The summed E-state index contributed by atoms with van der Waals surface area (Å²) in [5.74, 6) is 1.58. The van der Waals surface area contributed by atoms with Gasteiger partial charge in [-0.25, -0.2) is 0 Å². The number of carbonyl (C=O) groups is 2. The van der Waals surface area contributed by atoms with Crippen LogP contribution in [0.5, 0.6) is 0 Å². The average molecular weight is 500 g/mol. The summed E-state index contributed by atoms with van der Waals surface area (Å²) in [6, 6.07) is 15.8. The van der Waals surface area contributed by atoms with Crippen molar-refractivity contribution in [2.75, 3.05) is 26.2 Å². The lowest BCUT2D eigenvalue weighted by molar-refractivity contribution is -0.130. The Morgan fingerprint density at radius 2 is 1.59 bits per heavy atom. The molecule has 1 aliphatic heterocycles. The van der Waals surface area contributed by atoms with Crippen LogP contribution in [0.15, 0.2) is 48.5 Å². The smallest absolute Gasteiger partial charge is 0.254 e. The second kappa shape index (κ2) is 9.39. The standard InChI is InChI=1S/C25H26ClN5O2.ClH/c1-17(32)30-12-14-31(15-13-30)23(33)18-8-9-20(21(26)16-18)22-27-28-24(29(22)2)25(10-11-25)19-6-4-3-5-7-19;/h3-9,16H,10-15H2,1-2H3;1H. The number of aromatic nitrogens is 3. The summed E-state index contributed by atoms with van der Waals surface area (Å²) >= 11 is 6.64. The summed E-state index contributed by atoms with van der Waals surface area (Å²) in [7, 11) is 1.97. The molecular weight excluding hydrogens is 473 g/mol. The van der Waals surface area contributed by atoms with E-state index in [-0.39, 0.29) is 29.6 Å². The molecule has 1 saturated carbocycles. The number of piperazine rings is 1. The first kappa shape index (κ1) is 24.2. The third kappa shape index (κ3) is 4.18. The Kier molecular flexibility index (Phi) is 6.69. The molecule has 0 spiro atoms. The second-order valence-corrected chi connectivity index (χ2v) is 9.25. The van der Waals surface area contributed by atoms with Gasteiger partial charge in [-0.1, -0.05) is 41.9 Å². The predicted octanol–water partition coefficient (Wildman–Crippen LogP) is 3.94. The van der Waals surface area contributed by atoms with E-state index in [1.165, 1.54) is 5.56 Å². The Hall–Kier alpha value is -2.90. The minimum atomic E-state index is -0.0916. The summed E-state index contributed by atoms with van der Waals surface area (Å²) in [6.45, 7) is 3.70. The van der Waals surface area contributed by atoms with E-state index in [2.05, 4.69) is 34.5 Å². The molecular formula is C25H27Cl2N5O2. The molecule has 9 heteroatoms. The molecule has 1 saturated heterocycles. The molecule has 0 bridgehead atoms. The molecule has 0 N–H and O–H groups in total. The highest BCUT2D eigenvalue weighted by atomic mass is 35.5. The van der Waals surface area contributed by atoms with Gasteiger partial charge in [0.25, 0.3) is 5.91 Å². The van der Waals surface area contributed by atoms with E-state index in [1.807, 2.05) is 23.7 Å². The molecule has 3 aromatic rings. The van der Waals surface area contributed by atoms with Gasteiger partial charge in [-0.3, -0.25) is 9.59 Å². The van der Waals surface area contributed by atoms with Crippen molar-refractivity contribution in [2.45, 2.75) is 25.2 Å². The van der Waals surface area contributed by atoms with Crippen LogP contribution in [0.25, 0.3) is 11.4 Å². The van der Waals surface area contributed by atoms with E-state index in [4.69, 9.17) is 11.6 Å². The molecule has 1 aromatic heterocycles. The molecule has 2 heterocycles. The third-order valence-electron chi connectivity index (χ3n) is 6.85. The lowest BCUT2D eigenvalue weighted by Gasteiger charge is -2.34. The van der Waals surface area contributed by atoms with E-state index in [0.717, 1.165) is 24.2 Å². The molecule has 2 fully saturated rings. The van der Waals surface area contributed by atoms with Crippen molar-refractivity contribution in [3.05, 3.63) is 70.5 Å². The fourth-order valence-corrected chi connectivity index (χ4v) is 5.01. The molecule has 2 aliphatic rings. The van der Waals surface area contributed by atoms with Gasteiger partial charge in [0, 0.05) is 51.3 Å². The summed E-state index contributed by atoms with van der Waals surface area (Å²) < 4.78 is 2.02. The molecule has 7 nitrogen and oxygen atoms in total. The van der Waals surface area contributed by atoms with Crippen LogP contribution in [0.1, 0.15) is 41.5 Å². The first-order valence-electron chi connectivity index (χ1n) is 11.2. The zero-order valence-corrected chi connectivity index (χ0v) is 20.8. The minimum Gasteiger partial charge on any atom is -0.339 e. The van der Waals surface area contributed by atoms with Crippen molar-refractivity contribution in [1.29, 1.82) is 0 Å². The first-order valence-corrected chi connectivity index (χ1v) is 11.6. The molecule has 0 atom stereocenters. The van der Waals surface area contributed by atoms with Crippen LogP contribution in [-0.2, 0) is 17.3 Å². The largest absolute Gasteiger partial charge is 0.339 e. The normalized spacial score (nSPS) is 16.7. The fourth-order valence-electron chi connectivity index (χ4n) is 4.74.